The van der Waals surface area contributed by atoms with Crippen LogP contribution in [0.2, 0.25) is 0 Å². The molecule has 0 saturated carbocycles. The highest BCUT2D eigenvalue weighted by Crippen LogP contribution is 2.23. The fourth-order valence-electron chi connectivity index (χ4n) is 2.32. The molecule has 1 aromatic heterocycles. The summed E-state index contributed by atoms with van der Waals surface area (Å²) >= 11 is 1.74. The quantitative estimate of drug-likeness (QED) is 0.408. The minimum atomic E-state index is -0.0627. The second-order valence-electron chi connectivity index (χ2n) is 5.52. The summed E-state index contributed by atoms with van der Waals surface area (Å²) in [6, 6.07) is 0. The zero-order valence-corrected chi connectivity index (χ0v) is 16.8. The molecule has 126 valence electrons. The zero-order valence-electron chi connectivity index (χ0n) is 13.6. The first-order chi connectivity index (χ1) is 10.1. The Morgan fingerprint density at radius 3 is 2.86 bits per heavy atom. The number of guanidine groups is 1. The fraction of sp³-hybridized carbons (Fsp3) is 0.733. The van der Waals surface area contributed by atoms with E-state index < -0.39 is 0 Å². The minimum Gasteiger partial charge on any atom is -0.373 e. The van der Waals surface area contributed by atoms with Crippen molar-refractivity contribution < 1.29 is 4.74 Å². The first kappa shape index (κ1) is 19.6. The molecule has 2 N–H and O–H groups in total. The summed E-state index contributed by atoms with van der Waals surface area (Å²) in [5.41, 5.74) is -0.0627. The number of halogens is 1. The van der Waals surface area contributed by atoms with Gasteiger partial charge in [0.05, 0.1) is 12.1 Å². The third-order valence-corrected chi connectivity index (χ3v) is 4.72. The lowest BCUT2D eigenvalue weighted by Crippen LogP contribution is -2.45. The number of aryl methyl sites for hydroxylation is 1. The first-order valence-corrected chi connectivity index (χ1v) is 8.56. The average molecular weight is 438 g/mol. The summed E-state index contributed by atoms with van der Waals surface area (Å²) in [6.45, 7) is 9.50. The van der Waals surface area contributed by atoms with Gasteiger partial charge in [-0.05, 0) is 33.1 Å². The predicted molar refractivity (Wildman–Crippen MR) is 103 cm³/mol. The molecule has 1 atom stereocenters. The summed E-state index contributed by atoms with van der Waals surface area (Å²) in [5.74, 6) is 0.836. The van der Waals surface area contributed by atoms with E-state index in [-0.39, 0.29) is 29.6 Å². The van der Waals surface area contributed by atoms with E-state index in [4.69, 9.17) is 4.74 Å². The van der Waals surface area contributed by atoms with Gasteiger partial charge in [0.2, 0.25) is 0 Å². The van der Waals surface area contributed by atoms with Gasteiger partial charge in [-0.25, -0.2) is 9.98 Å². The minimum absolute atomic E-state index is 0. The van der Waals surface area contributed by atoms with E-state index in [1.807, 2.05) is 6.20 Å². The normalized spacial score (nSPS) is 21.5. The highest BCUT2D eigenvalue weighted by Gasteiger charge is 2.29. The van der Waals surface area contributed by atoms with Crippen molar-refractivity contribution in [2.75, 3.05) is 19.7 Å². The van der Waals surface area contributed by atoms with Crippen LogP contribution in [-0.2, 0) is 17.7 Å². The van der Waals surface area contributed by atoms with Crippen LogP contribution in [-0.4, -0.2) is 36.2 Å². The van der Waals surface area contributed by atoms with E-state index in [1.165, 1.54) is 4.88 Å². The van der Waals surface area contributed by atoms with Gasteiger partial charge >= 0.3 is 0 Å². The zero-order chi connectivity index (χ0) is 15.1. The lowest BCUT2D eigenvalue weighted by molar-refractivity contribution is 0.0243. The van der Waals surface area contributed by atoms with E-state index in [0.29, 0.717) is 6.54 Å². The van der Waals surface area contributed by atoms with Crippen molar-refractivity contribution in [3.05, 3.63) is 16.1 Å². The maximum absolute atomic E-state index is 5.79. The number of aliphatic imine (C=N–C) groups is 1. The molecule has 1 aromatic rings. The largest absolute Gasteiger partial charge is 0.373 e. The van der Waals surface area contributed by atoms with Gasteiger partial charge < -0.3 is 15.4 Å². The molecule has 2 heterocycles. The Kier molecular flexibility index (Phi) is 8.63. The van der Waals surface area contributed by atoms with Gasteiger partial charge in [-0.1, -0.05) is 6.92 Å². The number of rotatable bonds is 6. The highest BCUT2D eigenvalue weighted by atomic mass is 127. The summed E-state index contributed by atoms with van der Waals surface area (Å²) in [4.78, 5) is 10.3. The number of nitrogens with zero attached hydrogens (tertiary/aromatic N) is 2. The van der Waals surface area contributed by atoms with Gasteiger partial charge in [0.15, 0.2) is 5.96 Å². The van der Waals surface area contributed by atoms with Crippen LogP contribution in [0, 0.1) is 0 Å². The standard InChI is InChI=1S/C15H26N4OS.HI/c1-4-12-9-17-13(21-12)10-18-14(16-5-2)19-11-15(3)7-6-8-20-15;/h9H,4-8,10-11H2,1-3H3,(H2,16,18,19);1H. The second-order valence-corrected chi connectivity index (χ2v) is 6.72. The number of hydrogen-bond donors (Lipinski definition) is 2. The lowest BCUT2D eigenvalue weighted by atomic mass is 10.0. The molecule has 1 saturated heterocycles. The average Bonchev–Trinajstić information content (AvgIpc) is 3.11. The van der Waals surface area contributed by atoms with E-state index in [1.54, 1.807) is 11.3 Å². The van der Waals surface area contributed by atoms with Crippen LogP contribution < -0.4 is 10.6 Å². The van der Waals surface area contributed by atoms with Crippen molar-refractivity contribution in [2.24, 2.45) is 4.99 Å². The lowest BCUT2D eigenvalue weighted by Gasteiger charge is -2.24. The van der Waals surface area contributed by atoms with Crippen LogP contribution in [0.1, 0.15) is 43.5 Å². The van der Waals surface area contributed by atoms with Crippen LogP contribution in [0.15, 0.2) is 11.2 Å². The maximum atomic E-state index is 5.79. The Bertz CT molecular complexity index is 472. The smallest absolute Gasteiger partial charge is 0.191 e. The van der Waals surface area contributed by atoms with Crippen LogP contribution in [0.25, 0.3) is 0 Å². The Labute approximate surface area is 154 Å². The molecule has 1 unspecified atom stereocenters. The molecule has 7 heteroatoms. The van der Waals surface area contributed by atoms with Crippen molar-refractivity contribution in [1.29, 1.82) is 0 Å². The summed E-state index contributed by atoms with van der Waals surface area (Å²) in [7, 11) is 0. The van der Waals surface area contributed by atoms with Gasteiger partial charge in [0, 0.05) is 30.8 Å². The molecule has 0 bridgehead atoms. The van der Waals surface area contributed by atoms with Gasteiger partial charge in [-0.2, -0.15) is 0 Å². The van der Waals surface area contributed by atoms with E-state index in [0.717, 1.165) is 49.9 Å². The molecule has 5 nitrogen and oxygen atoms in total. The van der Waals surface area contributed by atoms with E-state index >= 15 is 0 Å². The molecule has 1 fully saturated rings. The topological polar surface area (TPSA) is 58.5 Å². The Hall–Kier alpha value is -0.410. The van der Waals surface area contributed by atoms with Gasteiger partial charge in [0.25, 0.3) is 0 Å². The van der Waals surface area contributed by atoms with E-state index in [9.17, 15) is 0 Å². The van der Waals surface area contributed by atoms with Gasteiger partial charge in [0.1, 0.15) is 5.01 Å². The third-order valence-electron chi connectivity index (χ3n) is 3.60. The molecule has 0 aliphatic carbocycles. The van der Waals surface area contributed by atoms with Gasteiger partial charge in [-0.3, -0.25) is 0 Å². The summed E-state index contributed by atoms with van der Waals surface area (Å²) in [5, 5.41) is 7.72. The maximum Gasteiger partial charge on any atom is 0.191 e. The van der Waals surface area contributed by atoms with E-state index in [2.05, 4.69) is 41.4 Å². The molecule has 1 aliphatic heterocycles. The third kappa shape index (κ3) is 6.00. The number of hydrogen-bond acceptors (Lipinski definition) is 4. The second kappa shape index (κ2) is 9.67. The summed E-state index contributed by atoms with van der Waals surface area (Å²) < 4.78 is 5.79. The summed E-state index contributed by atoms with van der Waals surface area (Å²) in [6.07, 6.45) is 5.23. The Morgan fingerprint density at radius 1 is 1.45 bits per heavy atom. The Morgan fingerprint density at radius 2 is 2.27 bits per heavy atom. The molecule has 2 rings (SSSR count). The Balaban J connectivity index is 0.00000242. The molecule has 22 heavy (non-hydrogen) atoms. The van der Waals surface area contributed by atoms with Crippen LogP contribution >= 0.6 is 35.3 Å². The monoisotopic (exact) mass is 438 g/mol. The molecule has 1 aliphatic rings. The van der Waals surface area contributed by atoms with Crippen molar-refractivity contribution in [2.45, 2.75) is 52.2 Å². The molecule has 0 radical (unpaired) electrons. The molecular weight excluding hydrogens is 411 g/mol. The molecule has 0 amide bonds. The number of thiazole rings is 1. The first-order valence-electron chi connectivity index (χ1n) is 7.75. The highest BCUT2D eigenvalue weighted by molar-refractivity contribution is 14.0. The van der Waals surface area contributed by atoms with Crippen LogP contribution in [0.5, 0.6) is 0 Å². The fourth-order valence-corrected chi connectivity index (χ4v) is 3.11. The number of ether oxygens (including phenoxy) is 1. The van der Waals surface area contributed by atoms with Crippen LogP contribution in [0.3, 0.4) is 0 Å². The van der Waals surface area contributed by atoms with Crippen molar-refractivity contribution in [3.63, 3.8) is 0 Å². The molecule has 0 spiro atoms. The predicted octanol–water partition coefficient (Wildman–Crippen LogP) is 2.95. The van der Waals surface area contributed by atoms with Crippen molar-refractivity contribution >= 4 is 41.3 Å². The van der Waals surface area contributed by atoms with Crippen molar-refractivity contribution in [3.8, 4) is 0 Å². The number of aromatic nitrogens is 1. The van der Waals surface area contributed by atoms with Crippen molar-refractivity contribution in [1.82, 2.24) is 15.6 Å². The SMILES string of the molecule is CCNC(=NCc1ncc(CC)s1)NCC1(C)CCCO1.I. The molecular formula is C15H27IN4OS. The number of nitrogens with one attached hydrogen (secondary N) is 2. The van der Waals surface area contributed by atoms with Gasteiger partial charge in [-0.15, -0.1) is 35.3 Å². The molecule has 0 aromatic carbocycles. The van der Waals surface area contributed by atoms with Crippen LogP contribution in [0.4, 0.5) is 0 Å².